The van der Waals surface area contributed by atoms with E-state index in [0.717, 1.165) is 16.5 Å². The summed E-state index contributed by atoms with van der Waals surface area (Å²) in [5.74, 6) is 0.103. The lowest BCUT2D eigenvalue weighted by Crippen LogP contribution is -2.25. The predicted molar refractivity (Wildman–Crippen MR) is 97.1 cm³/mol. The number of amides is 1. The number of benzene rings is 2. The van der Waals surface area contributed by atoms with Gasteiger partial charge in [0.1, 0.15) is 5.75 Å². The highest BCUT2D eigenvalue weighted by atomic mass is 79.9. The fraction of sp³-hybridized carbons (Fsp3) is 0.222. The largest absolute Gasteiger partial charge is 0.493 e. The summed E-state index contributed by atoms with van der Waals surface area (Å²) in [6.45, 7) is 2.64. The number of hydrogen-bond acceptors (Lipinski definition) is 4. The zero-order valence-electron chi connectivity index (χ0n) is 13.3. The highest BCUT2D eigenvalue weighted by molar-refractivity contribution is 9.10. The van der Waals surface area contributed by atoms with Crippen LogP contribution in [0.5, 0.6) is 5.75 Å². The number of aliphatic hydroxyl groups excluding tert-OH is 1. The Kier molecular flexibility index (Phi) is 6.96. The standard InChI is InChI=1S/C18H19BrN2O3/c1-2-11-24-16-6-4-3-5-14(16)12-20-21-18(23)17(22)13-7-9-15(19)10-8-13/h3-10,12,17,22H,2,11H2,1H3,(H,21,23)/b20-12-/t17-/m1/s1. The summed E-state index contributed by atoms with van der Waals surface area (Å²) in [5.41, 5.74) is 3.59. The Bertz CT molecular complexity index is 702. The first-order valence-corrected chi connectivity index (χ1v) is 8.39. The van der Waals surface area contributed by atoms with Gasteiger partial charge in [0.25, 0.3) is 5.91 Å². The topological polar surface area (TPSA) is 70.9 Å². The molecule has 0 unspecified atom stereocenters. The Morgan fingerprint density at radius 1 is 1.29 bits per heavy atom. The van der Waals surface area contributed by atoms with Crippen molar-refractivity contribution in [1.82, 2.24) is 5.43 Å². The van der Waals surface area contributed by atoms with Crippen molar-refractivity contribution in [1.29, 1.82) is 0 Å². The maximum absolute atomic E-state index is 12.0. The van der Waals surface area contributed by atoms with Gasteiger partial charge in [-0.1, -0.05) is 47.1 Å². The molecule has 2 aromatic rings. The van der Waals surface area contributed by atoms with Gasteiger partial charge in [-0.25, -0.2) is 5.43 Å². The van der Waals surface area contributed by atoms with Gasteiger partial charge in [0.05, 0.1) is 12.8 Å². The summed E-state index contributed by atoms with van der Waals surface area (Å²) in [4.78, 5) is 12.0. The average Bonchev–Trinajstić information content (AvgIpc) is 2.60. The maximum Gasteiger partial charge on any atom is 0.273 e. The number of nitrogens with one attached hydrogen (secondary N) is 1. The van der Waals surface area contributed by atoms with Crippen molar-refractivity contribution in [2.75, 3.05) is 6.61 Å². The molecule has 0 fully saturated rings. The third-order valence-corrected chi connectivity index (χ3v) is 3.72. The monoisotopic (exact) mass is 390 g/mol. The van der Waals surface area contributed by atoms with Crippen LogP contribution in [0.4, 0.5) is 0 Å². The normalized spacial score (nSPS) is 12.1. The number of carbonyl (C=O) groups is 1. The lowest BCUT2D eigenvalue weighted by molar-refractivity contribution is -0.129. The molecule has 1 amide bonds. The van der Waals surface area contributed by atoms with Crippen LogP contribution < -0.4 is 10.2 Å². The summed E-state index contributed by atoms with van der Waals surface area (Å²) < 4.78 is 6.49. The number of carbonyl (C=O) groups excluding carboxylic acids is 1. The lowest BCUT2D eigenvalue weighted by atomic mass is 10.1. The van der Waals surface area contributed by atoms with Gasteiger partial charge >= 0.3 is 0 Å². The van der Waals surface area contributed by atoms with E-state index in [1.807, 2.05) is 31.2 Å². The highest BCUT2D eigenvalue weighted by Gasteiger charge is 2.16. The molecule has 5 nitrogen and oxygen atoms in total. The van der Waals surface area contributed by atoms with Crippen LogP contribution in [0.1, 0.15) is 30.6 Å². The van der Waals surface area contributed by atoms with Crippen LogP contribution in [0, 0.1) is 0 Å². The van der Waals surface area contributed by atoms with E-state index in [1.54, 1.807) is 24.3 Å². The second-order valence-corrected chi connectivity index (χ2v) is 5.99. The van der Waals surface area contributed by atoms with Crippen LogP contribution in [0.2, 0.25) is 0 Å². The van der Waals surface area contributed by atoms with Crippen molar-refractivity contribution in [3.63, 3.8) is 0 Å². The highest BCUT2D eigenvalue weighted by Crippen LogP contribution is 2.17. The Balaban J connectivity index is 1.98. The number of hydrogen-bond donors (Lipinski definition) is 2. The smallest absolute Gasteiger partial charge is 0.273 e. The Morgan fingerprint density at radius 3 is 2.71 bits per heavy atom. The van der Waals surface area contributed by atoms with Crippen molar-refractivity contribution in [3.05, 3.63) is 64.1 Å². The molecule has 2 rings (SSSR count). The number of nitrogens with zero attached hydrogens (tertiary/aromatic N) is 1. The predicted octanol–water partition coefficient (Wildman–Crippen LogP) is 3.42. The van der Waals surface area contributed by atoms with E-state index in [9.17, 15) is 9.90 Å². The second kappa shape index (κ2) is 9.20. The van der Waals surface area contributed by atoms with E-state index in [0.29, 0.717) is 17.9 Å². The quantitative estimate of drug-likeness (QED) is 0.561. The summed E-state index contributed by atoms with van der Waals surface area (Å²) in [6.07, 6.45) is 1.13. The number of rotatable bonds is 7. The molecule has 1 atom stereocenters. The molecule has 0 aliphatic heterocycles. The number of hydrazone groups is 1. The molecule has 0 bridgehead atoms. The molecule has 0 aromatic heterocycles. The average molecular weight is 391 g/mol. The first-order chi connectivity index (χ1) is 11.6. The Labute approximate surface area is 149 Å². The molecule has 6 heteroatoms. The summed E-state index contributed by atoms with van der Waals surface area (Å²) >= 11 is 3.31. The van der Waals surface area contributed by atoms with Crippen LogP contribution >= 0.6 is 15.9 Å². The molecule has 0 aliphatic carbocycles. The van der Waals surface area contributed by atoms with Gasteiger partial charge in [-0.15, -0.1) is 0 Å². The van der Waals surface area contributed by atoms with Crippen LogP contribution in [0.25, 0.3) is 0 Å². The molecule has 126 valence electrons. The summed E-state index contributed by atoms with van der Waals surface area (Å²) in [5, 5.41) is 13.9. The molecule has 0 aliphatic rings. The van der Waals surface area contributed by atoms with E-state index in [2.05, 4.69) is 26.5 Å². The summed E-state index contributed by atoms with van der Waals surface area (Å²) in [7, 11) is 0. The molecule has 0 radical (unpaired) electrons. The van der Waals surface area contributed by atoms with Gasteiger partial charge in [-0.05, 0) is 36.2 Å². The minimum Gasteiger partial charge on any atom is -0.493 e. The molecule has 2 aromatic carbocycles. The van der Waals surface area contributed by atoms with Gasteiger partial charge in [0.15, 0.2) is 6.10 Å². The first-order valence-electron chi connectivity index (χ1n) is 7.60. The third-order valence-electron chi connectivity index (χ3n) is 3.19. The van der Waals surface area contributed by atoms with E-state index in [-0.39, 0.29) is 0 Å². The number of aliphatic hydroxyl groups is 1. The number of ether oxygens (including phenoxy) is 1. The molecule has 0 saturated heterocycles. The first kappa shape index (κ1) is 18.2. The van der Waals surface area contributed by atoms with Crippen molar-refractivity contribution < 1.29 is 14.6 Å². The molecule has 24 heavy (non-hydrogen) atoms. The van der Waals surface area contributed by atoms with Gasteiger partial charge in [-0.3, -0.25) is 4.79 Å². The van der Waals surface area contributed by atoms with Crippen LogP contribution in [-0.4, -0.2) is 23.8 Å². The zero-order valence-corrected chi connectivity index (χ0v) is 14.9. The van der Waals surface area contributed by atoms with Crippen molar-refractivity contribution in [2.45, 2.75) is 19.4 Å². The van der Waals surface area contributed by atoms with E-state index < -0.39 is 12.0 Å². The summed E-state index contributed by atoms with van der Waals surface area (Å²) in [6, 6.07) is 14.3. The van der Waals surface area contributed by atoms with Crippen LogP contribution in [-0.2, 0) is 4.79 Å². The lowest BCUT2D eigenvalue weighted by Gasteiger charge is -2.09. The number of halogens is 1. The molecular weight excluding hydrogens is 372 g/mol. The molecular formula is C18H19BrN2O3. The van der Waals surface area contributed by atoms with E-state index in [4.69, 9.17) is 4.74 Å². The zero-order chi connectivity index (χ0) is 17.4. The van der Waals surface area contributed by atoms with E-state index in [1.165, 1.54) is 6.21 Å². The molecule has 0 saturated carbocycles. The molecule has 2 N–H and O–H groups in total. The maximum atomic E-state index is 12.0. The number of para-hydroxylation sites is 1. The Morgan fingerprint density at radius 2 is 2.00 bits per heavy atom. The third kappa shape index (κ3) is 5.18. The van der Waals surface area contributed by atoms with Crippen molar-refractivity contribution in [3.8, 4) is 5.75 Å². The van der Waals surface area contributed by atoms with Crippen LogP contribution in [0.15, 0.2) is 58.1 Å². The van der Waals surface area contributed by atoms with Gasteiger partial charge < -0.3 is 9.84 Å². The van der Waals surface area contributed by atoms with Crippen molar-refractivity contribution >= 4 is 28.1 Å². The molecule has 0 spiro atoms. The van der Waals surface area contributed by atoms with E-state index >= 15 is 0 Å². The SMILES string of the molecule is CCCOc1ccccc1/C=N\NC(=O)[C@H](O)c1ccc(Br)cc1. The van der Waals surface area contributed by atoms with Gasteiger partial charge in [-0.2, -0.15) is 5.10 Å². The van der Waals surface area contributed by atoms with Crippen LogP contribution in [0.3, 0.4) is 0 Å². The van der Waals surface area contributed by atoms with Gasteiger partial charge in [0.2, 0.25) is 0 Å². The minimum atomic E-state index is -1.28. The fourth-order valence-corrected chi connectivity index (χ4v) is 2.22. The Hall–Kier alpha value is -2.18. The van der Waals surface area contributed by atoms with Crippen molar-refractivity contribution in [2.24, 2.45) is 5.10 Å². The second-order valence-electron chi connectivity index (χ2n) is 5.07. The van der Waals surface area contributed by atoms with Gasteiger partial charge in [0, 0.05) is 10.0 Å². The molecule has 0 heterocycles. The fourth-order valence-electron chi connectivity index (χ4n) is 1.95. The minimum absolute atomic E-state index is 0.498.